The van der Waals surface area contributed by atoms with E-state index in [-0.39, 0.29) is 11.8 Å². The highest BCUT2D eigenvalue weighted by Gasteiger charge is 2.25. The zero-order chi connectivity index (χ0) is 19.4. The molecule has 27 heavy (non-hydrogen) atoms. The number of nitrogens with one attached hydrogen (secondary N) is 1. The number of nitrogens with two attached hydrogens (primary N) is 1. The van der Waals surface area contributed by atoms with E-state index in [1.807, 2.05) is 24.0 Å². The summed E-state index contributed by atoms with van der Waals surface area (Å²) in [7, 11) is 0. The number of hydrogen-bond acceptors (Lipinski definition) is 4. The van der Waals surface area contributed by atoms with Gasteiger partial charge in [-0.15, -0.1) is 0 Å². The Morgan fingerprint density at radius 3 is 2.63 bits per heavy atom. The van der Waals surface area contributed by atoms with Crippen LogP contribution in [0.1, 0.15) is 48.5 Å². The van der Waals surface area contributed by atoms with Gasteiger partial charge in [-0.2, -0.15) is 0 Å². The molecule has 0 aromatic heterocycles. The van der Waals surface area contributed by atoms with Gasteiger partial charge in [0, 0.05) is 43.5 Å². The first-order valence-electron chi connectivity index (χ1n) is 10.1. The van der Waals surface area contributed by atoms with Crippen molar-refractivity contribution in [3.05, 3.63) is 29.3 Å². The lowest BCUT2D eigenvalue weighted by Gasteiger charge is -2.35. The van der Waals surface area contributed by atoms with Crippen LogP contribution in [0.15, 0.2) is 18.2 Å². The van der Waals surface area contributed by atoms with Gasteiger partial charge in [0.2, 0.25) is 5.91 Å². The summed E-state index contributed by atoms with van der Waals surface area (Å²) in [6, 6.07) is 5.78. The van der Waals surface area contributed by atoms with Crippen molar-refractivity contribution in [2.24, 2.45) is 5.92 Å². The minimum Gasteiger partial charge on any atom is -0.399 e. The summed E-state index contributed by atoms with van der Waals surface area (Å²) >= 11 is 0. The number of aryl methyl sites for hydroxylation is 1. The van der Waals surface area contributed by atoms with Gasteiger partial charge in [-0.05, 0) is 43.4 Å². The Kier molecular flexibility index (Phi) is 6.37. The molecule has 1 saturated heterocycles. The summed E-state index contributed by atoms with van der Waals surface area (Å²) in [4.78, 5) is 29.1. The summed E-state index contributed by atoms with van der Waals surface area (Å²) in [5, 5.41) is 3.20. The standard InChI is InChI=1S/C21H32N4O2/c1-15-4-3-5-18(12-15)23-20(26)14-24-8-10-25(11-9-24)21(27)19-13-17(22)7-6-16(19)2/h6-7,13,15,18H,3-5,8-12,14,22H2,1-2H3,(H,23,26). The number of benzene rings is 1. The number of piperazine rings is 1. The summed E-state index contributed by atoms with van der Waals surface area (Å²) < 4.78 is 0. The highest BCUT2D eigenvalue weighted by atomic mass is 16.2. The van der Waals surface area contributed by atoms with Gasteiger partial charge in [-0.3, -0.25) is 14.5 Å². The molecule has 148 valence electrons. The number of hydrogen-bond donors (Lipinski definition) is 2. The van der Waals surface area contributed by atoms with Crippen molar-refractivity contribution in [1.82, 2.24) is 15.1 Å². The van der Waals surface area contributed by atoms with Crippen molar-refractivity contribution < 1.29 is 9.59 Å². The largest absolute Gasteiger partial charge is 0.399 e. The SMILES string of the molecule is Cc1ccc(N)cc1C(=O)N1CCN(CC(=O)NC2CCCC(C)C2)CC1. The van der Waals surface area contributed by atoms with Crippen LogP contribution in [0.4, 0.5) is 5.69 Å². The van der Waals surface area contributed by atoms with Crippen LogP contribution < -0.4 is 11.1 Å². The van der Waals surface area contributed by atoms with E-state index in [1.54, 1.807) is 6.07 Å². The predicted octanol–water partition coefficient (Wildman–Crippen LogP) is 2.03. The molecule has 2 unspecified atom stereocenters. The zero-order valence-electron chi connectivity index (χ0n) is 16.5. The molecular weight excluding hydrogens is 340 g/mol. The third-order valence-corrected chi connectivity index (χ3v) is 5.82. The molecule has 1 heterocycles. The molecule has 1 aliphatic carbocycles. The first-order valence-corrected chi connectivity index (χ1v) is 10.1. The number of nitrogen functional groups attached to an aromatic ring is 1. The van der Waals surface area contributed by atoms with Crippen LogP contribution >= 0.6 is 0 Å². The number of rotatable bonds is 4. The molecular formula is C21H32N4O2. The zero-order valence-corrected chi connectivity index (χ0v) is 16.5. The molecule has 3 rings (SSSR count). The number of amides is 2. The monoisotopic (exact) mass is 372 g/mol. The van der Waals surface area contributed by atoms with Crippen LogP contribution in [0.3, 0.4) is 0 Å². The number of nitrogens with zero attached hydrogens (tertiary/aromatic N) is 2. The van der Waals surface area contributed by atoms with Crippen molar-refractivity contribution in [2.75, 3.05) is 38.5 Å². The Bertz CT molecular complexity index is 683. The maximum absolute atomic E-state index is 12.8. The van der Waals surface area contributed by atoms with Gasteiger partial charge in [0.1, 0.15) is 0 Å². The molecule has 3 N–H and O–H groups in total. The van der Waals surface area contributed by atoms with Crippen molar-refractivity contribution in [3.63, 3.8) is 0 Å². The van der Waals surface area contributed by atoms with Crippen molar-refractivity contribution in [1.29, 1.82) is 0 Å². The summed E-state index contributed by atoms with van der Waals surface area (Å²) in [5.74, 6) is 0.842. The normalized spacial score (nSPS) is 23.9. The van der Waals surface area contributed by atoms with E-state index >= 15 is 0 Å². The van der Waals surface area contributed by atoms with Gasteiger partial charge in [0.15, 0.2) is 0 Å². The Balaban J connectivity index is 1.46. The maximum atomic E-state index is 12.8. The Morgan fingerprint density at radius 2 is 1.93 bits per heavy atom. The molecule has 6 heteroatoms. The Hall–Kier alpha value is -2.08. The topological polar surface area (TPSA) is 78.7 Å². The average Bonchev–Trinajstić information content (AvgIpc) is 2.64. The molecule has 2 atom stereocenters. The fourth-order valence-corrected chi connectivity index (χ4v) is 4.19. The first kappa shape index (κ1) is 19.7. The van der Waals surface area contributed by atoms with Crippen LogP contribution in [0.25, 0.3) is 0 Å². The van der Waals surface area contributed by atoms with E-state index in [9.17, 15) is 9.59 Å². The Morgan fingerprint density at radius 1 is 1.19 bits per heavy atom. The van der Waals surface area contributed by atoms with Crippen LogP contribution in [0.5, 0.6) is 0 Å². The van der Waals surface area contributed by atoms with Crippen molar-refractivity contribution >= 4 is 17.5 Å². The molecule has 2 fully saturated rings. The lowest BCUT2D eigenvalue weighted by molar-refractivity contribution is -0.123. The molecule has 2 aliphatic rings. The highest BCUT2D eigenvalue weighted by Crippen LogP contribution is 2.23. The van der Waals surface area contributed by atoms with Crippen LogP contribution in [0, 0.1) is 12.8 Å². The molecule has 1 aromatic carbocycles. The van der Waals surface area contributed by atoms with Gasteiger partial charge in [-0.25, -0.2) is 0 Å². The lowest BCUT2D eigenvalue weighted by Crippen LogP contribution is -2.52. The third kappa shape index (κ3) is 5.22. The van der Waals surface area contributed by atoms with E-state index < -0.39 is 0 Å². The minimum absolute atomic E-state index is 0.0279. The second kappa shape index (κ2) is 8.74. The Labute approximate surface area is 162 Å². The van der Waals surface area contributed by atoms with Gasteiger partial charge in [0.05, 0.1) is 6.54 Å². The minimum atomic E-state index is 0.0279. The van der Waals surface area contributed by atoms with Crippen molar-refractivity contribution in [3.8, 4) is 0 Å². The van der Waals surface area contributed by atoms with E-state index in [1.165, 1.54) is 12.8 Å². The second-order valence-electron chi connectivity index (χ2n) is 8.18. The maximum Gasteiger partial charge on any atom is 0.254 e. The molecule has 0 spiro atoms. The fourth-order valence-electron chi connectivity index (χ4n) is 4.19. The van der Waals surface area contributed by atoms with Gasteiger partial charge >= 0.3 is 0 Å². The molecule has 1 aliphatic heterocycles. The molecule has 0 bridgehead atoms. The van der Waals surface area contributed by atoms with E-state index in [4.69, 9.17) is 5.73 Å². The van der Waals surface area contributed by atoms with Crippen molar-refractivity contribution in [2.45, 2.75) is 45.6 Å². The quantitative estimate of drug-likeness (QED) is 0.793. The number of carbonyl (C=O) groups excluding carboxylic acids is 2. The van der Waals surface area contributed by atoms with Gasteiger partial charge in [-0.1, -0.05) is 25.8 Å². The molecule has 6 nitrogen and oxygen atoms in total. The first-order chi connectivity index (χ1) is 12.9. The molecule has 1 aromatic rings. The summed E-state index contributed by atoms with van der Waals surface area (Å²) in [5.41, 5.74) is 8.06. The van der Waals surface area contributed by atoms with E-state index in [0.29, 0.717) is 42.8 Å². The number of carbonyl (C=O) groups is 2. The smallest absolute Gasteiger partial charge is 0.254 e. The van der Waals surface area contributed by atoms with E-state index in [2.05, 4.69) is 17.1 Å². The lowest BCUT2D eigenvalue weighted by atomic mass is 9.87. The van der Waals surface area contributed by atoms with Gasteiger partial charge < -0.3 is 16.0 Å². The molecule has 0 radical (unpaired) electrons. The summed E-state index contributed by atoms with van der Waals surface area (Å²) in [6.45, 7) is 7.34. The third-order valence-electron chi connectivity index (χ3n) is 5.82. The van der Waals surface area contributed by atoms with E-state index in [0.717, 1.165) is 31.5 Å². The average molecular weight is 373 g/mol. The fraction of sp³-hybridized carbons (Fsp3) is 0.619. The van der Waals surface area contributed by atoms with Crippen LogP contribution in [-0.2, 0) is 4.79 Å². The number of anilines is 1. The van der Waals surface area contributed by atoms with Crippen LogP contribution in [-0.4, -0.2) is 60.4 Å². The van der Waals surface area contributed by atoms with Gasteiger partial charge in [0.25, 0.3) is 5.91 Å². The molecule has 1 saturated carbocycles. The van der Waals surface area contributed by atoms with Crippen LogP contribution in [0.2, 0.25) is 0 Å². The highest BCUT2D eigenvalue weighted by molar-refractivity contribution is 5.96. The predicted molar refractivity (Wildman–Crippen MR) is 107 cm³/mol. The summed E-state index contributed by atoms with van der Waals surface area (Å²) in [6.07, 6.45) is 4.66. The second-order valence-corrected chi connectivity index (χ2v) is 8.18. The molecule has 2 amide bonds.